The zero-order valence-corrected chi connectivity index (χ0v) is 12.9. The monoisotopic (exact) mass is 319 g/mol. The summed E-state index contributed by atoms with van der Waals surface area (Å²) in [5, 5.41) is 8.44. The van der Waals surface area contributed by atoms with Crippen molar-refractivity contribution in [3.63, 3.8) is 0 Å². The van der Waals surface area contributed by atoms with Crippen LogP contribution in [0.4, 0.5) is 15.9 Å². The molecule has 5 nitrogen and oxygen atoms in total. The Morgan fingerprint density at radius 2 is 1.71 bits per heavy atom. The lowest BCUT2D eigenvalue weighted by atomic mass is 10.2. The highest BCUT2D eigenvalue weighted by molar-refractivity contribution is 5.89. The van der Waals surface area contributed by atoms with Gasteiger partial charge in [-0.3, -0.25) is 0 Å². The number of fused-ring (bicyclic) bond motifs is 1. The van der Waals surface area contributed by atoms with E-state index in [1.165, 1.54) is 24.0 Å². The van der Waals surface area contributed by atoms with Crippen LogP contribution in [0, 0.1) is 12.7 Å². The van der Waals surface area contributed by atoms with E-state index in [1.54, 1.807) is 23.0 Å². The minimum Gasteiger partial charge on any atom is -0.340 e. The van der Waals surface area contributed by atoms with E-state index in [9.17, 15) is 4.39 Å². The van der Waals surface area contributed by atoms with Gasteiger partial charge in [-0.25, -0.2) is 19.0 Å². The molecule has 24 heavy (non-hydrogen) atoms. The fourth-order valence-corrected chi connectivity index (χ4v) is 2.49. The predicted octanol–water partition coefficient (Wildman–Crippen LogP) is 4.01. The molecule has 2 aromatic carbocycles. The molecule has 6 heteroatoms. The molecule has 4 rings (SSSR count). The maximum Gasteiger partial charge on any atom is 0.168 e. The Kier molecular flexibility index (Phi) is 3.42. The van der Waals surface area contributed by atoms with Gasteiger partial charge in [0.25, 0.3) is 0 Å². The highest BCUT2D eigenvalue weighted by Gasteiger charge is 2.11. The van der Waals surface area contributed by atoms with Crippen LogP contribution >= 0.6 is 0 Å². The van der Waals surface area contributed by atoms with Crippen molar-refractivity contribution in [2.75, 3.05) is 5.32 Å². The number of nitrogens with zero attached hydrogens (tertiary/aromatic N) is 4. The molecule has 0 bridgehead atoms. The zero-order valence-electron chi connectivity index (χ0n) is 12.9. The molecule has 0 atom stereocenters. The van der Waals surface area contributed by atoms with Crippen LogP contribution in [0.15, 0.2) is 61.1 Å². The van der Waals surface area contributed by atoms with Gasteiger partial charge in [-0.1, -0.05) is 17.7 Å². The fourth-order valence-electron chi connectivity index (χ4n) is 2.49. The molecule has 0 aliphatic heterocycles. The van der Waals surface area contributed by atoms with Crippen LogP contribution in [0.2, 0.25) is 0 Å². The smallest absolute Gasteiger partial charge is 0.168 e. The van der Waals surface area contributed by atoms with E-state index in [2.05, 4.69) is 20.4 Å². The number of anilines is 2. The van der Waals surface area contributed by atoms with Crippen molar-refractivity contribution >= 4 is 22.5 Å². The van der Waals surface area contributed by atoms with E-state index in [-0.39, 0.29) is 5.82 Å². The molecule has 0 fully saturated rings. The lowest BCUT2D eigenvalue weighted by Crippen LogP contribution is -1.99. The highest BCUT2D eigenvalue weighted by Crippen LogP contribution is 2.24. The zero-order chi connectivity index (χ0) is 16.5. The second kappa shape index (κ2) is 5.73. The SMILES string of the molecule is Cc1ccc(Nc2ncnc3c2cnn3-c2ccc(F)cc2)cc1. The molecule has 2 aromatic heterocycles. The molecule has 118 valence electrons. The van der Waals surface area contributed by atoms with E-state index in [4.69, 9.17) is 0 Å². The number of rotatable bonds is 3. The summed E-state index contributed by atoms with van der Waals surface area (Å²) in [5.41, 5.74) is 3.53. The van der Waals surface area contributed by atoms with Crippen LogP contribution in [0.1, 0.15) is 5.56 Å². The Morgan fingerprint density at radius 3 is 2.46 bits per heavy atom. The Morgan fingerprint density at radius 1 is 0.958 bits per heavy atom. The van der Waals surface area contributed by atoms with Crippen molar-refractivity contribution in [1.29, 1.82) is 0 Å². The number of nitrogens with one attached hydrogen (secondary N) is 1. The third-order valence-corrected chi connectivity index (χ3v) is 3.75. The number of halogens is 1. The van der Waals surface area contributed by atoms with Gasteiger partial charge in [0.2, 0.25) is 0 Å². The Labute approximate surface area is 137 Å². The summed E-state index contributed by atoms with van der Waals surface area (Å²) in [7, 11) is 0. The standard InChI is InChI=1S/C18H14FN5/c1-12-2-6-14(7-3-12)23-17-16-10-22-24(18(16)21-11-20-17)15-8-4-13(19)5-9-15/h2-11H,1H3,(H,20,21,23). The van der Waals surface area contributed by atoms with Crippen LogP contribution < -0.4 is 5.32 Å². The van der Waals surface area contributed by atoms with Crippen molar-refractivity contribution in [2.24, 2.45) is 0 Å². The third kappa shape index (κ3) is 2.58. The third-order valence-electron chi connectivity index (χ3n) is 3.75. The Hall–Kier alpha value is -3.28. The van der Waals surface area contributed by atoms with Gasteiger partial charge in [-0.15, -0.1) is 0 Å². The molecule has 0 spiro atoms. The second-order valence-corrected chi connectivity index (χ2v) is 5.48. The highest BCUT2D eigenvalue weighted by atomic mass is 19.1. The van der Waals surface area contributed by atoms with Gasteiger partial charge in [0.1, 0.15) is 18.0 Å². The summed E-state index contributed by atoms with van der Waals surface area (Å²) in [6.45, 7) is 2.04. The molecule has 0 aliphatic carbocycles. The number of hydrogen-bond donors (Lipinski definition) is 1. The summed E-state index contributed by atoms with van der Waals surface area (Å²) in [5.74, 6) is 0.392. The first-order chi connectivity index (χ1) is 11.7. The molecule has 1 N–H and O–H groups in total. The predicted molar refractivity (Wildman–Crippen MR) is 91.1 cm³/mol. The lowest BCUT2D eigenvalue weighted by Gasteiger charge is -2.07. The van der Waals surface area contributed by atoms with Crippen LogP contribution in [-0.4, -0.2) is 19.7 Å². The molecule has 0 saturated carbocycles. The number of hydrogen-bond acceptors (Lipinski definition) is 4. The first-order valence-electron chi connectivity index (χ1n) is 7.49. The normalized spacial score (nSPS) is 10.9. The lowest BCUT2D eigenvalue weighted by molar-refractivity contribution is 0.627. The van der Waals surface area contributed by atoms with Gasteiger partial charge in [-0.05, 0) is 43.3 Å². The molecule has 0 unspecified atom stereocenters. The van der Waals surface area contributed by atoms with Crippen molar-refractivity contribution in [3.05, 3.63) is 72.4 Å². The molecular weight excluding hydrogens is 305 g/mol. The molecule has 0 radical (unpaired) electrons. The maximum absolute atomic E-state index is 13.1. The second-order valence-electron chi connectivity index (χ2n) is 5.48. The van der Waals surface area contributed by atoms with E-state index >= 15 is 0 Å². The van der Waals surface area contributed by atoms with Crippen molar-refractivity contribution < 1.29 is 4.39 Å². The minimum atomic E-state index is -0.286. The van der Waals surface area contributed by atoms with Crippen molar-refractivity contribution in [3.8, 4) is 5.69 Å². The van der Waals surface area contributed by atoms with E-state index in [0.29, 0.717) is 11.5 Å². The quantitative estimate of drug-likeness (QED) is 0.620. The van der Waals surface area contributed by atoms with E-state index < -0.39 is 0 Å². The molecule has 4 aromatic rings. The Bertz CT molecular complexity index is 990. The summed E-state index contributed by atoms with van der Waals surface area (Å²) in [6, 6.07) is 14.2. The van der Waals surface area contributed by atoms with Crippen LogP contribution in [0.3, 0.4) is 0 Å². The summed E-state index contributed by atoms with van der Waals surface area (Å²) in [6.07, 6.45) is 3.19. The average Bonchev–Trinajstić information content (AvgIpc) is 3.03. The first-order valence-corrected chi connectivity index (χ1v) is 7.49. The summed E-state index contributed by atoms with van der Waals surface area (Å²) in [4.78, 5) is 8.62. The summed E-state index contributed by atoms with van der Waals surface area (Å²) < 4.78 is 14.8. The number of benzene rings is 2. The van der Waals surface area contributed by atoms with Gasteiger partial charge >= 0.3 is 0 Å². The first kappa shape index (κ1) is 14.3. The van der Waals surface area contributed by atoms with Crippen LogP contribution in [-0.2, 0) is 0 Å². The molecule has 0 saturated heterocycles. The average molecular weight is 319 g/mol. The van der Waals surface area contributed by atoms with Crippen LogP contribution in [0.25, 0.3) is 16.7 Å². The van der Waals surface area contributed by atoms with Gasteiger partial charge in [0.05, 0.1) is 17.3 Å². The topological polar surface area (TPSA) is 55.6 Å². The fraction of sp³-hybridized carbons (Fsp3) is 0.0556. The largest absolute Gasteiger partial charge is 0.340 e. The summed E-state index contributed by atoms with van der Waals surface area (Å²) >= 11 is 0. The minimum absolute atomic E-state index is 0.286. The van der Waals surface area contributed by atoms with Crippen molar-refractivity contribution in [1.82, 2.24) is 19.7 Å². The molecule has 2 heterocycles. The van der Waals surface area contributed by atoms with Crippen LogP contribution in [0.5, 0.6) is 0 Å². The van der Waals surface area contributed by atoms with E-state index in [1.807, 2.05) is 31.2 Å². The maximum atomic E-state index is 13.1. The molecule has 0 aliphatic rings. The Balaban J connectivity index is 1.76. The number of aromatic nitrogens is 4. The van der Waals surface area contributed by atoms with Gasteiger partial charge in [0, 0.05) is 5.69 Å². The number of aryl methyl sites for hydroxylation is 1. The van der Waals surface area contributed by atoms with Gasteiger partial charge < -0.3 is 5.32 Å². The van der Waals surface area contributed by atoms with Gasteiger partial charge in [-0.2, -0.15) is 5.10 Å². The van der Waals surface area contributed by atoms with E-state index in [0.717, 1.165) is 16.8 Å². The van der Waals surface area contributed by atoms with Crippen molar-refractivity contribution in [2.45, 2.75) is 6.92 Å². The molecular formula is C18H14FN5. The van der Waals surface area contributed by atoms with Gasteiger partial charge in [0.15, 0.2) is 5.65 Å². The molecule has 0 amide bonds.